The van der Waals surface area contributed by atoms with Crippen molar-refractivity contribution in [3.63, 3.8) is 0 Å². The molecule has 2 atom stereocenters. The van der Waals surface area contributed by atoms with E-state index in [0.717, 1.165) is 12.1 Å². The molecule has 0 aromatic rings. The zero-order valence-corrected chi connectivity index (χ0v) is 11.0. The van der Waals surface area contributed by atoms with Gasteiger partial charge >= 0.3 is 10.4 Å². The average molecular weight is 264 g/mol. The molecule has 0 aromatic carbocycles. The second-order valence-corrected chi connectivity index (χ2v) is 5.33. The van der Waals surface area contributed by atoms with Gasteiger partial charge in [-0.05, 0) is 6.42 Å². The fourth-order valence-corrected chi connectivity index (χ4v) is 1.65. The van der Waals surface area contributed by atoms with Crippen LogP contribution in [0.2, 0.25) is 0 Å². The van der Waals surface area contributed by atoms with Crippen LogP contribution in [0.4, 0.5) is 0 Å². The van der Waals surface area contributed by atoms with Crippen molar-refractivity contribution in [2.24, 2.45) is 16.3 Å². The van der Waals surface area contributed by atoms with E-state index in [1.807, 2.05) is 6.20 Å². The molecule has 2 unspecified atom stereocenters. The Morgan fingerprint density at radius 3 is 2.76 bits per heavy atom. The Kier molecular flexibility index (Phi) is 4.36. The topological polar surface area (TPSA) is 88.3 Å². The van der Waals surface area contributed by atoms with E-state index in [-0.39, 0.29) is 11.2 Å². The summed E-state index contributed by atoms with van der Waals surface area (Å²) in [5, 5.41) is 8.12. The van der Waals surface area contributed by atoms with E-state index in [9.17, 15) is 8.42 Å². The molecule has 98 valence electrons. The van der Waals surface area contributed by atoms with Gasteiger partial charge in [0.25, 0.3) is 0 Å². The summed E-state index contributed by atoms with van der Waals surface area (Å²) in [5.74, 6) is 0.321. The molecule has 1 N–H and O–H groups in total. The van der Waals surface area contributed by atoms with Crippen LogP contribution in [0.1, 0.15) is 20.3 Å². The number of allylic oxidation sites excluding steroid dienone is 1. The summed E-state index contributed by atoms with van der Waals surface area (Å²) in [6, 6.07) is 0. The maximum absolute atomic E-state index is 10.4. The SMILES string of the molecule is CCC(C)C1=C[N+](C)(CCOS(=O)(=O)O)N=N1. The van der Waals surface area contributed by atoms with Crippen LogP contribution in [-0.2, 0) is 14.6 Å². The summed E-state index contributed by atoms with van der Waals surface area (Å²) >= 11 is 0. The third-order valence-electron chi connectivity index (χ3n) is 2.67. The first-order valence-corrected chi connectivity index (χ1v) is 6.75. The van der Waals surface area contributed by atoms with Gasteiger partial charge < -0.3 is 0 Å². The fraction of sp³-hybridized carbons (Fsp3) is 0.778. The predicted molar refractivity (Wildman–Crippen MR) is 60.9 cm³/mol. The lowest BCUT2D eigenvalue weighted by atomic mass is 10.1. The van der Waals surface area contributed by atoms with Crippen LogP contribution in [0, 0.1) is 5.92 Å². The van der Waals surface area contributed by atoms with Gasteiger partial charge in [0, 0.05) is 11.1 Å². The molecule has 7 nitrogen and oxygen atoms in total. The Bertz CT molecular complexity index is 432. The van der Waals surface area contributed by atoms with Crippen molar-refractivity contribution < 1.29 is 21.7 Å². The average Bonchev–Trinajstić information content (AvgIpc) is 2.58. The van der Waals surface area contributed by atoms with Crippen LogP contribution in [0.5, 0.6) is 0 Å². The molecule has 1 aliphatic rings. The highest BCUT2D eigenvalue weighted by Gasteiger charge is 2.28. The summed E-state index contributed by atoms with van der Waals surface area (Å²) in [5.41, 5.74) is 0.891. The molecule has 0 aliphatic carbocycles. The van der Waals surface area contributed by atoms with Crippen molar-refractivity contribution in [3.05, 3.63) is 11.9 Å². The van der Waals surface area contributed by atoms with E-state index < -0.39 is 10.4 Å². The van der Waals surface area contributed by atoms with Gasteiger partial charge in [-0.1, -0.05) is 19.0 Å². The summed E-state index contributed by atoms with van der Waals surface area (Å²) in [4.78, 5) is 0. The Hall–Kier alpha value is -0.830. The molecule has 0 amide bonds. The zero-order chi connectivity index (χ0) is 13.1. The fourth-order valence-electron chi connectivity index (χ4n) is 1.36. The molecular formula is C9H18N3O4S+. The van der Waals surface area contributed by atoms with E-state index in [0.29, 0.717) is 12.5 Å². The minimum Gasteiger partial charge on any atom is -0.264 e. The van der Waals surface area contributed by atoms with Crippen LogP contribution in [-0.4, -0.2) is 37.8 Å². The Balaban J connectivity index is 2.55. The first-order valence-electron chi connectivity index (χ1n) is 5.39. The molecule has 0 radical (unpaired) electrons. The van der Waals surface area contributed by atoms with Crippen LogP contribution >= 0.6 is 0 Å². The number of quaternary nitrogens is 1. The van der Waals surface area contributed by atoms with Gasteiger partial charge in [-0.2, -0.15) is 13.0 Å². The quantitative estimate of drug-likeness (QED) is 0.582. The normalized spacial score (nSPS) is 26.0. The van der Waals surface area contributed by atoms with Crippen molar-refractivity contribution >= 4 is 10.4 Å². The molecule has 1 heterocycles. The number of rotatable bonds is 6. The monoisotopic (exact) mass is 264 g/mol. The molecule has 0 saturated heterocycles. The first-order chi connectivity index (χ1) is 7.76. The second-order valence-electron chi connectivity index (χ2n) is 4.24. The Morgan fingerprint density at radius 1 is 1.59 bits per heavy atom. The number of nitrogens with zero attached hydrogens (tertiary/aromatic N) is 3. The molecular weight excluding hydrogens is 246 g/mol. The lowest BCUT2D eigenvalue weighted by Crippen LogP contribution is -2.34. The molecule has 0 spiro atoms. The van der Waals surface area contributed by atoms with Crippen LogP contribution in [0.3, 0.4) is 0 Å². The summed E-state index contributed by atoms with van der Waals surface area (Å²) in [6.45, 7) is 4.27. The largest absolute Gasteiger partial charge is 0.397 e. The summed E-state index contributed by atoms with van der Waals surface area (Å²) in [6.07, 6.45) is 2.83. The number of hydrogen-bond donors (Lipinski definition) is 1. The highest BCUT2D eigenvalue weighted by molar-refractivity contribution is 7.80. The minimum absolute atomic E-state index is 0.134. The molecule has 0 fully saturated rings. The van der Waals surface area contributed by atoms with Crippen molar-refractivity contribution in [1.82, 2.24) is 0 Å². The van der Waals surface area contributed by atoms with E-state index in [1.165, 1.54) is 0 Å². The molecule has 8 heteroatoms. The number of hydrogen-bond acceptors (Lipinski definition) is 5. The molecule has 0 bridgehead atoms. The molecule has 0 saturated carbocycles. The molecule has 0 aromatic heterocycles. The first kappa shape index (κ1) is 14.2. The lowest BCUT2D eigenvalue weighted by molar-refractivity contribution is -0.867. The van der Waals surface area contributed by atoms with Crippen LogP contribution < -0.4 is 0 Å². The van der Waals surface area contributed by atoms with Crippen molar-refractivity contribution in [1.29, 1.82) is 0 Å². The molecule has 17 heavy (non-hydrogen) atoms. The third-order valence-corrected chi connectivity index (χ3v) is 3.13. The van der Waals surface area contributed by atoms with Gasteiger partial charge in [0.05, 0.1) is 7.05 Å². The standard InChI is InChI=1S/C9H17N3O4S/c1-4-8(2)9-7-12(3,11-10-9)5-6-16-17(13,14)15/h7-8H,4-6H2,1-3H3/p+1. The van der Waals surface area contributed by atoms with E-state index in [4.69, 9.17) is 4.55 Å². The summed E-state index contributed by atoms with van der Waals surface area (Å²) < 4.78 is 33.6. The minimum atomic E-state index is -4.38. The van der Waals surface area contributed by atoms with Gasteiger partial charge in [-0.15, -0.1) is 0 Å². The van der Waals surface area contributed by atoms with Gasteiger partial charge in [0.15, 0.2) is 0 Å². The van der Waals surface area contributed by atoms with Gasteiger partial charge in [0.1, 0.15) is 25.0 Å². The maximum Gasteiger partial charge on any atom is 0.397 e. The van der Waals surface area contributed by atoms with E-state index >= 15 is 0 Å². The van der Waals surface area contributed by atoms with Crippen molar-refractivity contribution in [2.75, 3.05) is 20.2 Å². The van der Waals surface area contributed by atoms with Crippen molar-refractivity contribution in [2.45, 2.75) is 20.3 Å². The van der Waals surface area contributed by atoms with Gasteiger partial charge in [-0.25, -0.2) is 4.18 Å². The molecule has 1 rings (SSSR count). The highest BCUT2D eigenvalue weighted by atomic mass is 32.3. The van der Waals surface area contributed by atoms with Crippen molar-refractivity contribution in [3.8, 4) is 0 Å². The maximum atomic E-state index is 10.4. The zero-order valence-electron chi connectivity index (χ0n) is 10.2. The van der Waals surface area contributed by atoms with Crippen LogP contribution in [0.25, 0.3) is 0 Å². The lowest BCUT2D eigenvalue weighted by Gasteiger charge is -2.17. The Morgan fingerprint density at radius 2 is 2.24 bits per heavy atom. The Labute approximate surface area is 101 Å². The molecule has 1 aliphatic heterocycles. The van der Waals surface area contributed by atoms with E-state index in [2.05, 4.69) is 28.4 Å². The third kappa shape index (κ3) is 4.50. The van der Waals surface area contributed by atoms with Gasteiger partial charge in [0.2, 0.25) is 0 Å². The second kappa shape index (κ2) is 5.21. The smallest absolute Gasteiger partial charge is 0.264 e. The van der Waals surface area contributed by atoms with Crippen LogP contribution in [0.15, 0.2) is 22.2 Å². The van der Waals surface area contributed by atoms with E-state index in [1.54, 1.807) is 7.05 Å². The predicted octanol–water partition coefficient (Wildman–Crippen LogP) is 1.52. The highest BCUT2D eigenvalue weighted by Crippen LogP contribution is 2.26. The summed E-state index contributed by atoms with van der Waals surface area (Å²) in [7, 11) is -2.60. The van der Waals surface area contributed by atoms with Gasteiger partial charge in [-0.3, -0.25) is 4.55 Å². The number of likely N-dealkylation sites (N-methyl/N-ethyl adjacent to an activating group) is 1.